The second-order valence-corrected chi connectivity index (χ2v) is 6.40. The molecule has 1 unspecified atom stereocenters. The summed E-state index contributed by atoms with van der Waals surface area (Å²) in [6, 6.07) is 8.52. The molecule has 0 amide bonds. The molecule has 1 aromatic carbocycles. The van der Waals surface area contributed by atoms with E-state index in [-0.39, 0.29) is 0 Å². The summed E-state index contributed by atoms with van der Waals surface area (Å²) in [5.41, 5.74) is 3.01. The summed E-state index contributed by atoms with van der Waals surface area (Å²) >= 11 is 3.32. The minimum Gasteiger partial charge on any atom is -0.497 e. The van der Waals surface area contributed by atoms with Crippen molar-refractivity contribution in [2.75, 3.05) is 19.4 Å². The van der Waals surface area contributed by atoms with Gasteiger partial charge in [-0.2, -0.15) is 0 Å². The highest BCUT2D eigenvalue weighted by molar-refractivity contribution is 8.01. The van der Waals surface area contributed by atoms with Gasteiger partial charge in [0, 0.05) is 11.8 Å². The van der Waals surface area contributed by atoms with Crippen molar-refractivity contribution >= 4 is 23.1 Å². The molecule has 2 aromatic rings. The molecule has 0 aliphatic carbocycles. The van der Waals surface area contributed by atoms with Gasteiger partial charge in [-0.15, -0.1) is 10.2 Å². The Morgan fingerprint density at radius 3 is 3.05 bits per heavy atom. The van der Waals surface area contributed by atoms with Crippen molar-refractivity contribution in [2.45, 2.75) is 23.7 Å². The zero-order chi connectivity index (χ0) is 14.2. The lowest BCUT2D eigenvalue weighted by Crippen LogP contribution is -2.24. The van der Waals surface area contributed by atoms with E-state index >= 15 is 0 Å². The highest BCUT2D eigenvalue weighted by atomic mass is 32.2. The minimum absolute atomic E-state index is 0.291. The topological polar surface area (TPSA) is 47.0 Å². The van der Waals surface area contributed by atoms with Gasteiger partial charge in [0.25, 0.3) is 0 Å². The van der Waals surface area contributed by atoms with Crippen LogP contribution in [-0.2, 0) is 0 Å². The quantitative estimate of drug-likeness (QED) is 0.758. The lowest BCUT2D eigenvalue weighted by atomic mass is 10.1. The Morgan fingerprint density at radius 1 is 1.45 bits per heavy atom. The molecule has 0 radical (unpaired) electrons. The minimum atomic E-state index is 0.291. The molecule has 0 fully saturated rings. The monoisotopic (exact) mass is 309 g/mol. The first-order valence-corrected chi connectivity index (χ1v) is 8.46. The Kier molecular flexibility index (Phi) is 6.29. The fraction of sp³-hybridized carbons (Fsp3) is 0.429. The van der Waals surface area contributed by atoms with Gasteiger partial charge >= 0.3 is 0 Å². The molecule has 0 saturated carbocycles. The normalized spacial score (nSPS) is 12.3. The predicted octanol–water partition coefficient (Wildman–Crippen LogP) is 3.38. The largest absolute Gasteiger partial charge is 0.497 e. The van der Waals surface area contributed by atoms with E-state index in [9.17, 15) is 0 Å². The van der Waals surface area contributed by atoms with Crippen molar-refractivity contribution in [3.8, 4) is 5.75 Å². The SMILES string of the molecule is CCCNC(CSc1nncs1)c1cccc(OC)c1. The van der Waals surface area contributed by atoms with Crippen LogP contribution in [0.15, 0.2) is 34.1 Å². The molecule has 0 bridgehead atoms. The number of thioether (sulfide) groups is 1. The van der Waals surface area contributed by atoms with Crippen LogP contribution in [0.4, 0.5) is 0 Å². The summed E-state index contributed by atoms with van der Waals surface area (Å²) in [5, 5.41) is 11.5. The molecule has 1 N–H and O–H groups in total. The molecule has 108 valence electrons. The summed E-state index contributed by atoms with van der Waals surface area (Å²) in [7, 11) is 1.70. The van der Waals surface area contributed by atoms with Crippen LogP contribution in [0, 0.1) is 0 Å². The van der Waals surface area contributed by atoms with Crippen molar-refractivity contribution in [2.24, 2.45) is 0 Å². The Bertz CT molecular complexity index is 505. The van der Waals surface area contributed by atoms with Crippen LogP contribution in [0.5, 0.6) is 5.75 Å². The third kappa shape index (κ3) is 4.47. The molecule has 1 aromatic heterocycles. The maximum atomic E-state index is 5.30. The van der Waals surface area contributed by atoms with Crippen molar-refractivity contribution in [3.63, 3.8) is 0 Å². The molecule has 0 spiro atoms. The Labute approximate surface area is 128 Å². The van der Waals surface area contributed by atoms with Crippen LogP contribution in [0.3, 0.4) is 0 Å². The van der Waals surface area contributed by atoms with Crippen LogP contribution in [0.25, 0.3) is 0 Å². The number of nitrogens with one attached hydrogen (secondary N) is 1. The van der Waals surface area contributed by atoms with E-state index in [0.29, 0.717) is 6.04 Å². The molecular weight excluding hydrogens is 290 g/mol. The second-order valence-electron chi connectivity index (χ2n) is 4.30. The van der Waals surface area contributed by atoms with Crippen molar-refractivity contribution in [1.29, 1.82) is 0 Å². The van der Waals surface area contributed by atoms with Crippen LogP contribution in [0.2, 0.25) is 0 Å². The zero-order valence-corrected chi connectivity index (χ0v) is 13.3. The average molecular weight is 309 g/mol. The molecular formula is C14H19N3OS2. The van der Waals surface area contributed by atoms with E-state index in [2.05, 4.69) is 34.6 Å². The summed E-state index contributed by atoms with van der Waals surface area (Å²) in [6.07, 6.45) is 1.12. The molecule has 20 heavy (non-hydrogen) atoms. The average Bonchev–Trinajstić information content (AvgIpc) is 3.01. The number of rotatable bonds is 8. The number of aromatic nitrogens is 2. The van der Waals surface area contributed by atoms with Crippen molar-refractivity contribution in [1.82, 2.24) is 15.5 Å². The highest BCUT2D eigenvalue weighted by Crippen LogP contribution is 2.27. The molecule has 0 aliphatic rings. The summed E-state index contributed by atoms with van der Waals surface area (Å²) in [6.45, 7) is 3.17. The lowest BCUT2D eigenvalue weighted by Gasteiger charge is -2.18. The molecule has 0 aliphatic heterocycles. The van der Waals surface area contributed by atoms with Gasteiger partial charge in [-0.1, -0.05) is 42.2 Å². The fourth-order valence-corrected chi connectivity index (χ4v) is 3.44. The summed E-state index contributed by atoms with van der Waals surface area (Å²) in [4.78, 5) is 0. The van der Waals surface area contributed by atoms with Gasteiger partial charge < -0.3 is 10.1 Å². The van der Waals surface area contributed by atoms with E-state index in [0.717, 1.165) is 28.8 Å². The first-order chi connectivity index (χ1) is 9.83. The Morgan fingerprint density at radius 2 is 2.35 bits per heavy atom. The van der Waals surface area contributed by atoms with Crippen molar-refractivity contribution in [3.05, 3.63) is 35.3 Å². The third-order valence-corrected chi connectivity index (χ3v) is 4.80. The van der Waals surface area contributed by atoms with Crippen molar-refractivity contribution < 1.29 is 4.74 Å². The molecule has 2 rings (SSSR count). The number of methoxy groups -OCH3 is 1. The highest BCUT2D eigenvalue weighted by Gasteiger charge is 2.13. The predicted molar refractivity (Wildman–Crippen MR) is 84.7 cm³/mol. The first kappa shape index (κ1) is 15.3. The van der Waals surface area contributed by atoms with E-state index < -0.39 is 0 Å². The van der Waals surface area contributed by atoms with Gasteiger partial charge in [-0.25, -0.2) is 0 Å². The van der Waals surface area contributed by atoms with E-state index in [4.69, 9.17) is 4.74 Å². The van der Waals surface area contributed by atoms with Gasteiger partial charge in [0.15, 0.2) is 4.34 Å². The van der Waals surface area contributed by atoms with E-state index in [1.54, 1.807) is 35.7 Å². The molecule has 6 heteroatoms. The maximum Gasteiger partial charge on any atom is 0.174 e. The van der Waals surface area contributed by atoms with Crippen LogP contribution < -0.4 is 10.1 Å². The number of benzene rings is 1. The number of hydrogen-bond donors (Lipinski definition) is 1. The number of hydrogen-bond acceptors (Lipinski definition) is 6. The summed E-state index contributed by atoms with van der Waals surface area (Å²) in [5.74, 6) is 1.83. The third-order valence-electron chi connectivity index (χ3n) is 2.85. The molecule has 1 heterocycles. The molecule has 1 atom stereocenters. The van der Waals surface area contributed by atoms with Crippen LogP contribution in [-0.4, -0.2) is 29.6 Å². The van der Waals surface area contributed by atoms with Crippen LogP contribution >= 0.6 is 23.1 Å². The zero-order valence-electron chi connectivity index (χ0n) is 11.7. The fourth-order valence-electron chi connectivity index (χ4n) is 1.83. The van der Waals surface area contributed by atoms with Gasteiger partial charge in [0.05, 0.1) is 7.11 Å². The first-order valence-electron chi connectivity index (χ1n) is 6.59. The molecule has 4 nitrogen and oxygen atoms in total. The maximum absolute atomic E-state index is 5.30. The molecule has 0 saturated heterocycles. The second kappa shape index (κ2) is 8.24. The van der Waals surface area contributed by atoms with E-state index in [1.807, 2.05) is 12.1 Å². The Balaban J connectivity index is 2.05. The van der Waals surface area contributed by atoms with Crippen LogP contribution in [0.1, 0.15) is 24.9 Å². The number of nitrogens with zero attached hydrogens (tertiary/aromatic N) is 2. The van der Waals surface area contributed by atoms with Gasteiger partial charge in [0.2, 0.25) is 0 Å². The van der Waals surface area contributed by atoms with Gasteiger partial charge in [-0.3, -0.25) is 0 Å². The van der Waals surface area contributed by atoms with Gasteiger partial charge in [0.1, 0.15) is 11.3 Å². The lowest BCUT2D eigenvalue weighted by molar-refractivity contribution is 0.413. The Hall–Kier alpha value is -1.11. The standard InChI is InChI=1S/C14H19N3OS2/c1-3-7-15-13(9-19-14-17-16-10-20-14)11-5-4-6-12(8-11)18-2/h4-6,8,10,13,15H,3,7,9H2,1-2H3. The number of ether oxygens (including phenoxy) is 1. The van der Waals surface area contributed by atoms with Gasteiger partial charge in [-0.05, 0) is 30.7 Å². The van der Waals surface area contributed by atoms with E-state index in [1.165, 1.54) is 5.56 Å². The summed E-state index contributed by atoms with van der Waals surface area (Å²) < 4.78 is 6.32. The smallest absolute Gasteiger partial charge is 0.174 e.